The molecule has 1 N–H and O–H groups in total. The zero-order chi connectivity index (χ0) is 21.9. The van der Waals surface area contributed by atoms with Gasteiger partial charge in [0, 0.05) is 12.6 Å². The average Bonchev–Trinajstić information content (AvgIpc) is 2.76. The van der Waals surface area contributed by atoms with Gasteiger partial charge >= 0.3 is 0 Å². The Bertz CT molecular complexity index is 807. The van der Waals surface area contributed by atoms with Crippen LogP contribution in [0.5, 0.6) is 5.75 Å². The number of nitrogens with one attached hydrogen (secondary N) is 1. The van der Waals surface area contributed by atoms with Gasteiger partial charge in [-0.2, -0.15) is 0 Å². The molecule has 2 rings (SSSR count). The van der Waals surface area contributed by atoms with Gasteiger partial charge in [0.1, 0.15) is 11.8 Å². The van der Waals surface area contributed by atoms with E-state index in [4.69, 9.17) is 4.74 Å². The van der Waals surface area contributed by atoms with E-state index in [1.807, 2.05) is 82.3 Å². The van der Waals surface area contributed by atoms with Crippen molar-refractivity contribution in [2.75, 3.05) is 13.2 Å². The third-order valence-electron chi connectivity index (χ3n) is 5.32. The standard InChI is InChI=1S/C25H34N2O3/c1-5-20(4)26-25(29)22(6-2)27(17-16-21-13-8-7-9-14-21)24(28)18-30-23-15-11-10-12-19(23)3/h7-15,20,22H,5-6,16-18H2,1-4H3,(H,26,29)/t20-,22-/m1/s1. The summed E-state index contributed by atoms with van der Waals surface area (Å²) in [4.78, 5) is 27.7. The molecule has 2 aromatic carbocycles. The van der Waals surface area contributed by atoms with E-state index >= 15 is 0 Å². The second-order valence-corrected chi connectivity index (χ2v) is 7.62. The van der Waals surface area contributed by atoms with Crippen LogP contribution in [0.3, 0.4) is 0 Å². The number of para-hydroxylation sites is 1. The first-order valence-electron chi connectivity index (χ1n) is 10.8. The lowest BCUT2D eigenvalue weighted by molar-refractivity contribution is -0.142. The topological polar surface area (TPSA) is 58.6 Å². The fourth-order valence-electron chi connectivity index (χ4n) is 3.28. The van der Waals surface area contributed by atoms with Crippen LogP contribution >= 0.6 is 0 Å². The van der Waals surface area contributed by atoms with E-state index in [1.165, 1.54) is 0 Å². The van der Waals surface area contributed by atoms with Crippen LogP contribution in [0, 0.1) is 6.92 Å². The van der Waals surface area contributed by atoms with Gasteiger partial charge in [0.25, 0.3) is 5.91 Å². The number of carbonyl (C=O) groups excluding carboxylic acids is 2. The molecule has 0 bridgehead atoms. The van der Waals surface area contributed by atoms with Crippen LogP contribution in [0.25, 0.3) is 0 Å². The maximum absolute atomic E-state index is 13.1. The summed E-state index contributed by atoms with van der Waals surface area (Å²) in [5.74, 6) is 0.399. The van der Waals surface area contributed by atoms with Crippen LogP contribution in [-0.2, 0) is 16.0 Å². The van der Waals surface area contributed by atoms with Gasteiger partial charge in [0.15, 0.2) is 6.61 Å². The number of rotatable bonds is 11. The van der Waals surface area contributed by atoms with Gasteiger partial charge in [-0.25, -0.2) is 0 Å². The van der Waals surface area contributed by atoms with Crippen molar-refractivity contribution in [1.82, 2.24) is 10.2 Å². The van der Waals surface area contributed by atoms with Crippen molar-refractivity contribution >= 4 is 11.8 Å². The number of carbonyl (C=O) groups is 2. The summed E-state index contributed by atoms with van der Waals surface area (Å²) in [7, 11) is 0. The molecule has 0 spiro atoms. The number of aryl methyl sites for hydroxylation is 1. The highest BCUT2D eigenvalue weighted by Gasteiger charge is 2.29. The molecule has 2 atom stereocenters. The van der Waals surface area contributed by atoms with E-state index in [0.29, 0.717) is 25.1 Å². The quantitative estimate of drug-likeness (QED) is 0.606. The van der Waals surface area contributed by atoms with E-state index in [0.717, 1.165) is 17.5 Å². The molecule has 5 heteroatoms. The highest BCUT2D eigenvalue weighted by atomic mass is 16.5. The second-order valence-electron chi connectivity index (χ2n) is 7.62. The number of amides is 2. The molecule has 0 radical (unpaired) electrons. The van der Waals surface area contributed by atoms with Crippen molar-refractivity contribution in [3.63, 3.8) is 0 Å². The van der Waals surface area contributed by atoms with Gasteiger partial charge in [-0.1, -0.05) is 62.4 Å². The Morgan fingerprint density at radius 2 is 1.67 bits per heavy atom. The molecule has 0 aliphatic carbocycles. The first kappa shape index (κ1) is 23.5. The molecule has 2 amide bonds. The van der Waals surface area contributed by atoms with Gasteiger partial charge in [0.2, 0.25) is 5.91 Å². The Labute approximate surface area is 180 Å². The summed E-state index contributed by atoms with van der Waals surface area (Å²) >= 11 is 0. The first-order chi connectivity index (χ1) is 14.5. The Kier molecular flexibility index (Phi) is 9.39. The SMILES string of the molecule is CC[C@@H](C)NC(=O)[C@@H](CC)N(CCc1ccccc1)C(=O)COc1ccccc1C. The van der Waals surface area contributed by atoms with Crippen LogP contribution in [0.2, 0.25) is 0 Å². The predicted molar refractivity (Wildman–Crippen MR) is 121 cm³/mol. The molecule has 0 aliphatic rings. The maximum Gasteiger partial charge on any atom is 0.261 e. The normalized spacial score (nSPS) is 12.7. The Morgan fingerprint density at radius 1 is 1.00 bits per heavy atom. The summed E-state index contributed by atoms with van der Waals surface area (Å²) in [6.07, 6.45) is 2.08. The lowest BCUT2D eigenvalue weighted by Crippen LogP contribution is -2.52. The highest BCUT2D eigenvalue weighted by molar-refractivity contribution is 5.88. The highest BCUT2D eigenvalue weighted by Crippen LogP contribution is 2.17. The largest absolute Gasteiger partial charge is 0.484 e. The van der Waals surface area contributed by atoms with Crippen LogP contribution < -0.4 is 10.1 Å². The fourth-order valence-corrected chi connectivity index (χ4v) is 3.28. The van der Waals surface area contributed by atoms with Gasteiger partial charge < -0.3 is 15.0 Å². The summed E-state index contributed by atoms with van der Waals surface area (Å²) in [6, 6.07) is 17.2. The second kappa shape index (κ2) is 12.0. The number of nitrogens with zero attached hydrogens (tertiary/aromatic N) is 1. The molecule has 0 saturated heterocycles. The van der Waals surface area contributed by atoms with Crippen LogP contribution in [-0.4, -0.2) is 41.9 Å². The smallest absolute Gasteiger partial charge is 0.261 e. The molecule has 0 heterocycles. The van der Waals surface area contributed by atoms with Gasteiger partial charge in [0.05, 0.1) is 0 Å². The minimum atomic E-state index is -0.518. The molecule has 30 heavy (non-hydrogen) atoms. The van der Waals surface area contributed by atoms with Crippen molar-refractivity contribution < 1.29 is 14.3 Å². The van der Waals surface area contributed by atoms with Gasteiger partial charge in [-0.3, -0.25) is 9.59 Å². The third kappa shape index (κ3) is 6.90. The predicted octanol–water partition coefficient (Wildman–Crippen LogP) is 4.14. The molecule has 0 aromatic heterocycles. The van der Waals surface area contributed by atoms with E-state index in [1.54, 1.807) is 4.90 Å². The molecular weight excluding hydrogens is 376 g/mol. The molecule has 0 fully saturated rings. The van der Waals surface area contributed by atoms with Crippen LogP contribution in [0.15, 0.2) is 54.6 Å². The molecular formula is C25H34N2O3. The molecule has 162 valence electrons. The van der Waals surface area contributed by atoms with Crippen molar-refractivity contribution in [3.05, 3.63) is 65.7 Å². The summed E-state index contributed by atoms with van der Waals surface area (Å²) in [6.45, 7) is 8.26. The maximum atomic E-state index is 13.1. The van der Waals surface area contributed by atoms with E-state index in [2.05, 4.69) is 5.32 Å². The zero-order valence-corrected chi connectivity index (χ0v) is 18.6. The molecule has 0 aliphatic heterocycles. The number of ether oxygens (including phenoxy) is 1. The summed E-state index contributed by atoms with van der Waals surface area (Å²) < 4.78 is 5.79. The summed E-state index contributed by atoms with van der Waals surface area (Å²) in [5.41, 5.74) is 2.11. The Hall–Kier alpha value is -2.82. The average molecular weight is 411 g/mol. The van der Waals surface area contributed by atoms with Crippen LogP contribution in [0.4, 0.5) is 0 Å². The monoisotopic (exact) mass is 410 g/mol. The van der Waals surface area contributed by atoms with Crippen molar-refractivity contribution in [1.29, 1.82) is 0 Å². The van der Waals surface area contributed by atoms with Gasteiger partial charge in [-0.05, 0) is 50.3 Å². The molecule has 5 nitrogen and oxygen atoms in total. The Balaban J connectivity index is 2.14. The lowest BCUT2D eigenvalue weighted by Gasteiger charge is -2.31. The van der Waals surface area contributed by atoms with Gasteiger partial charge in [-0.15, -0.1) is 0 Å². The molecule has 2 aromatic rings. The lowest BCUT2D eigenvalue weighted by atomic mass is 10.1. The van der Waals surface area contributed by atoms with E-state index in [9.17, 15) is 9.59 Å². The first-order valence-corrected chi connectivity index (χ1v) is 10.8. The van der Waals surface area contributed by atoms with Crippen molar-refractivity contribution in [2.45, 2.75) is 59.0 Å². The van der Waals surface area contributed by atoms with Crippen molar-refractivity contribution in [2.24, 2.45) is 0 Å². The molecule has 0 unspecified atom stereocenters. The van der Waals surface area contributed by atoms with Crippen LogP contribution in [0.1, 0.15) is 44.7 Å². The zero-order valence-electron chi connectivity index (χ0n) is 18.6. The number of hydrogen-bond donors (Lipinski definition) is 1. The number of benzene rings is 2. The Morgan fingerprint density at radius 3 is 2.30 bits per heavy atom. The summed E-state index contributed by atoms with van der Waals surface area (Å²) in [5, 5.41) is 3.02. The van der Waals surface area contributed by atoms with E-state index < -0.39 is 6.04 Å². The number of hydrogen-bond acceptors (Lipinski definition) is 3. The molecule has 0 saturated carbocycles. The third-order valence-corrected chi connectivity index (χ3v) is 5.32. The minimum absolute atomic E-state index is 0.0702. The van der Waals surface area contributed by atoms with E-state index in [-0.39, 0.29) is 24.5 Å². The minimum Gasteiger partial charge on any atom is -0.484 e. The van der Waals surface area contributed by atoms with Crippen molar-refractivity contribution in [3.8, 4) is 5.75 Å². The fraction of sp³-hybridized carbons (Fsp3) is 0.440.